The monoisotopic (exact) mass is 270 g/mol. The van der Waals surface area contributed by atoms with Crippen LogP contribution in [0.1, 0.15) is 32.6 Å². The molecular weight excluding hydrogens is 248 g/mol. The molecule has 2 N–H and O–H groups in total. The molecule has 0 radical (unpaired) electrons. The molecule has 0 bridgehead atoms. The normalized spacial score (nSPS) is 11.4. The number of anilines is 1. The highest BCUT2D eigenvalue weighted by molar-refractivity contribution is 7.89. The number of hydrogen-bond donors (Lipinski definition) is 2. The van der Waals surface area contributed by atoms with Crippen molar-refractivity contribution in [1.82, 2.24) is 4.72 Å². The Labute approximate surface area is 110 Å². The topological polar surface area (TPSA) is 58.2 Å². The molecule has 0 aliphatic heterocycles. The molecule has 0 saturated heterocycles. The van der Waals surface area contributed by atoms with Crippen LogP contribution in [-0.2, 0) is 10.0 Å². The molecule has 0 aliphatic rings. The zero-order valence-corrected chi connectivity index (χ0v) is 11.9. The van der Waals surface area contributed by atoms with Crippen molar-refractivity contribution in [3.63, 3.8) is 0 Å². The van der Waals surface area contributed by atoms with Gasteiger partial charge in [0, 0.05) is 6.54 Å². The third-order valence-electron chi connectivity index (χ3n) is 2.79. The van der Waals surface area contributed by atoms with Crippen molar-refractivity contribution in [1.29, 1.82) is 0 Å². The molecule has 0 spiro atoms. The standard InChI is InChI=1S/C13H22N2O2S/c1-3-4-5-8-11-15-12-9-6-7-10-13(12)18(16,17)14-2/h6-7,9-10,14-15H,3-5,8,11H2,1-2H3. The maximum atomic E-state index is 11.8. The first-order valence-electron chi connectivity index (χ1n) is 6.38. The molecule has 0 amide bonds. The Bertz CT molecular complexity index is 458. The van der Waals surface area contributed by atoms with Gasteiger partial charge in [0.15, 0.2) is 0 Å². The zero-order chi connectivity index (χ0) is 13.4. The summed E-state index contributed by atoms with van der Waals surface area (Å²) in [5.41, 5.74) is 0.670. The second kappa shape index (κ2) is 7.38. The van der Waals surface area contributed by atoms with E-state index in [0.717, 1.165) is 13.0 Å². The summed E-state index contributed by atoms with van der Waals surface area (Å²) < 4.78 is 26.0. The lowest BCUT2D eigenvalue weighted by Crippen LogP contribution is -2.20. The molecule has 1 aromatic rings. The lowest BCUT2D eigenvalue weighted by atomic mass is 10.2. The van der Waals surface area contributed by atoms with Gasteiger partial charge in [0.25, 0.3) is 0 Å². The van der Waals surface area contributed by atoms with Crippen molar-refractivity contribution in [2.24, 2.45) is 0 Å². The molecule has 1 rings (SSSR count). The molecule has 4 nitrogen and oxygen atoms in total. The van der Waals surface area contributed by atoms with E-state index in [1.54, 1.807) is 18.2 Å². The minimum Gasteiger partial charge on any atom is -0.384 e. The highest BCUT2D eigenvalue weighted by atomic mass is 32.2. The first kappa shape index (κ1) is 15.0. The van der Waals surface area contributed by atoms with Crippen LogP contribution >= 0.6 is 0 Å². The Morgan fingerprint density at radius 2 is 1.83 bits per heavy atom. The Balaban J connectivity index is 2.66. The van der Waals surface area contributed by atoms with Crippen LogP contribution in [0.2, 0.25) is 0 Å². The van der Waals surface area contributed by atoms with E-state index in [2.05, 4.69) is 17.0 Å². The minimum absolute atomic E-state index is 0.308. The van der Waals surface area contributed by atoms with Crippen LogP contribution in [0.15, 0.2) is 29.2 Å². The summed E-state index contributed by atoms with van der Waals surface area (Å²) in [6.07, 6.45) is 4.65. The van der Waals surface area contributed by atoms with Gasteiger partial charge in [0.2, 0.25) is 10.0 Å². The maximum Gasteiger partial charge on any atom is 0.242 e. The van der Waals surface area contributed by atoms with E-state index >= 15 is 0 Å². The van der Waals surface area contributed by atoms with E-state index in [1.807, 2.05) is 6.07 Å². The summed E-state index contributed by atoms with van der Waals surface area (Å²) in [7, 11) is -1.96. The van der Waals surface area contributed by atoms with Crippen LogP contribution in [0.25, 0.3) is 0 Å². The van der Waals surface area contributed by atoms with Crippen LogP contribution in [0, 0.1) is 0 Å². The van der Waals surface area contributed by atoms with Gasteiger partial charge >= 0.3 is 0 Å². The molecule has 0 saturated carbocycles. The van der Waals surface area contributed by atoms with E-state index in [0.29, 0.717) is 10.6 Å². The second-order valence-electron chi connectivity index (χ2n) is 4.19. The van der Waals surface area contributed by atoms with Crippen molar-refractivity contribution in [3.05, 3.63) is 24.3 Å². The van der Waals surface area contributed by atoms with Gasteiger partial charge in [0.1, 0.15) is 4.90 Å². The first-order chi connectivity index (χ1) is 8.61. The average Bonchev–Trinajstić information content (AvgIpc) is 2.39. The summed E-state index contributed by atoms with van der Waals surface area (Å²) >= 11 is 0. The molecule has 102 valence electrons. The predicted octanol–water partition coefficient (Wildman–Crippen LogP) is 2.59. The zero-order valence-electron chi connectivity index (χ0n) is 11.1. The number of sulfonamides is 1. The van der Waals surface area contributed by atoms with E-state index in [1.165, 1.54) is 26.3 Å². The number of para-hydroxylation sites is 1. The Morgan fingerprint density at radius 3 is 2.50 bits per heavy atom. The molecule has 0 atom stereocenters. The number of benzene rings is 1. The number of unbranched alkanes of at least 4 members (excludes halogenated alkanes) is 3. The maximum absolute atomic E-state index is 11.8. The molecule has 5 heteroatoms. The Morgan fingerprint density at radius 1 is 1.11 bits per heavy atom. The highest BCUT2D eigenvalue weighted by Gasteiger charge is 2.15. The van der Waals surface area contributed by atoms with E-state index in [9.17, 15) is 8.42 Å². The summed E-state index contributed by atoms with van der Waals surface area (Å²) in [5.74, 6) is 0. The molecule has 1 aromatic carbocycles. The number of rotatable bonds is 8. The van der Waals surface area contributed by atoms with Crippen LogP contribution in [0.4, 0.5) is 5.69 Å². The van der Waals surface area contributed by atoms with Crippen LogP contribution in [0.3, 0.4) is 0 Å². The largest absolute Gasteiger partial charge is 0.384 e. The first-order valence-corrected chi connectivity index (χ1v) is 7.86. The smallest absolute Gasteiger partial charge is 0.242 e. The second-order valence-corrected chi connectivity index (χ2v) is 6.05. The van der Waals surface area contributed by atoms with Gasteiger partial charge in [0.05, 0.1) is 5.69 Å². The third-order valence-corrected chi connectivity index (χ3v) is 4.26. The van der Waals surface area contributed by atoms with Crippen LogP contribution in [-0.4, -0.2) is 22.0 Å². The van der Waals surface area contributed by atoms with E-state index < -0.39 is 10.0 Å². The summed E-state index contributed by atoms with van der Waals surface area (Å²) in [4.78, 5) is 0.308. The Kier molecular flexibility index (Phi) is 6.15. The van der Waals surface area contributed by atoms with Crippen molar-refractivity contribution < 1.29 is 8.42 Å². The quantitative estimate of drug-likeness (QED) is 0.714. The van der Waals surface area contributed by atoms with Gasteiger partial charge < -0.3 is 5.32 Å². The van der Waals surface area contributed by atoms with Crippen molar-refractivity contribution in [2.45, 2.75) is 37.5 Å². The van der Waals surface area contributed by atoms with Gasteiger partial charge in [-0.2, -0.15) is 0 Å². The summed E-state index contributed by atoms with van der Waals surface area (Å²) in [5, 5.41) is 3.19. The molecule has 0 heterocycles. The number of hydrogen-bond acceptors (Lipinski definition) is 3. The molecule has 0 aliphatic carbocycles. The average molecular weight is 270 g/mol. The lowest BCUT2D eigenvalue weighted by molar-refractivity contribution is 0.588. The van der Waals surface area contributed by atoms with Gasteiger partial charge in [-0.1, -0.05) is 38.3 Å². The minimum atomic E-state index is -3.39. The molecule has 0 fully saturated rings. The molecular formula is C13H22N2O2S. The fourth-order valence-corrected chi connectivity index (χ4v) is 2.64. The summed E-state index contributed by atoms with van der Waals surface area (Å²) in [6.45, 7) is 2.97. The predicted molar refractivity (Wildman–Crippen MR) is 75.3 cm³/mol. The van der Waals surface area contributed by atoms with Crippen LogP contribution < -0.4 is 10.0 Å². The fraction of sp³-hybridized carbons (Fsp3) is 0.538. The van der Waals surface area contributed by atoms with Gasteiger partial charge in [-0.25, -0.2) is 13.1 Å². The van der Waals surface area contributed by atoms with Crippen molar-refractivity contribution in [3.8, 4) is 0 Å². The summed E-state index contributed by atoms with van der Waals surface area (Å²) in [6, 6.07) is 6.97. The molecule has 0 aromatic heterocycles. The highest BCUT2D eigenvalue weighted by Crippen LogP contribution is 2.20. The molecule has 0 unspecified atom stereocenters. The van der Waals surface area contributed by atoms with Gasteiger partial charge in [-0.15, -0.1) is 0 Å². The van der Waals surface area contributed by atoms with Crippen molar-refractivity contribution >= 4 is 15.7 Å². The van der Waals surface area contributed by atoms with Crippen molar-refractivity contribution in [2.75, 3.05) is 18.9 Å². The Hall–Kier alpha value is -1.07. The fourth-order valence-electron chi connectivity index (χ4n) is 1.73. The van der Waals surface area contributed by atoms with Gasteiger partial charge in [-0.3, -0.25) is 0 Å². The SMILES string of the molecule is CCCCCCNc1ccccc1S(=O)(=O)NC. The van der Waals surface area contributed by atoms with Gasteiger partial charge in [-0.05, 0) is 25.6 Å². The van der Waals surface area contributed by atoms with E-state index in [-0.39, 0.29) is 0 Å². The third kappa shape index (κ3) is 4.31. The van der Waals surface area contributed by atoms with E-state index in [4.69, 9.17) is 0 Å². The lowest BCUT2D eigenvalue weighted by Gasteiger charge is -2.11. The number of nitrogens with one attached hydrogen (secondary N) is 2. The molecule has 18 heavy (non-hydrogen) atoms. The van der Waals surface area contributed by atoms with Crippen LogP contribution in [0.5, 0.6) is 0 Å².